The van der Waals surface area contributed by atoms with Crippen LogP contribution in [-0.2, 0) is 11.3 Å². The molecular weight excluding hydrogens is 352 g/mol. The Morgan fingerprint density at radius 1 is 1.22 bits per heavy atom. The molecule has 0 bridgehead atoms. The molecule has 0 saturated carbocycles. The average molecular weight is 372 g/mol. The van der Waals surface area contributed by atoms with Crippen molar-refractivity contribution in [3.05, 3.63) is 51.3 Å². The molecular formula is C19H20N2O6. The van der Waals surface area contributed by atoms with Crippen LogP contribution in [0.3, 0.4) is 0 Å². The average Bonchev–Trinajstić information content (AvgIpc) is 2.67. The van der Waals surface area contributed by atoms with E-state index in [-0.39, 0.29) is 36.4 Å². The molecule has 1 heterocycles. The number of hydrogen-bond donors (Lipinski definition) is 1. The summed E-state index contributed by atoms with van der Waals surface area (Å²) < 4.78 is 16.4. The predicted molar refractivity (Wildman–Crippen MR) is 96.5 cm³/mol. The van der Waals surface area contributed by atoms with Crippen LogP contribution < -0.4 is 15.0 Å². The Kier molecular flexibility index (Phi) is 6.57. The molecule has 142 valence electrons. The minimum absolute atomic E-state index is 0.00967. The molecule has 0 aliphatic heterocycles. The molecule has 0 radical (unpaired) electrons. The van der Waals surface area contributed by atoms with Gasteiger partial charge in [-0.3, -0.25) is 14.2 Å². The smallest absolute Gasteiger partial charge is 0.271 e. The van der Waals surface area contributed by atoms with Gasteiger partial charge in [0.2, 0.25) is 11.7 Å². The molecule has 1 aromatic heterocycles. The maximum Gasteiger partial charge on any atom is 0.271 e. The molecule has 0 aliphatic rings. The van der Waals surface area contributed by atoms with Crippen molar-refractivity contribution < 1.29 is 24.1 Å². The number of ketones is 1. The lowest BCUT2D eigenvalue weighted by molar-refractivity contribution is 0.0915. The highest BCUT2D eigenvalue weighted by molar-refractivity contribution is 6.01. The third-order valence-corrected chi connectivity index (χ3v) is 4.03. The van der Waals surface area contributed by atoms with E-state index in [0.29, 0.717) is 11.5 Å². The van der Waals surface area contributed by atoms with E-state index in [1.54, 1.807) is 30.3 Å². The number of hydrogen-bond acceptors (Lipinski definition) is 7. The number of pyridine rings is 1. The number of methoxy groups -OCH3 is 2. The highest BCUT2D eigenvalue weighted by Crippen LogP contribution is 2.23. The SMILES string of the molecule is COCCn1c(O)c(C(=O)COc2ccc(OC)cc2)c(C)c(C#N)c1=O. The summed E-state index contributed by atoms with van der Waals surface area (Å²) in [6, 6.07) is 8.44. The van der Waals surface area contributed by atoms with Crippen molar-refractivity contribution in [1.82, 2.24) is 4.57 Å². The number of carbonyl (C=O) groups excluding carboxylic acids is 1. The van der Waals surface area contributed by atoms with E-state index in [9.17, 15) is 20.0 Å². The van der Waals surface area contributed by atoms with Crippen LogP contribution in [0.1, 0.15) is 21.5 Å². The zero-order valence-electron chi connectivity index (χ0n) is 15.3. The fourth-order valence-corrected chi connectivity index (χ4v) is 2.57. The first-order valence-electron chi connectivity index (χ1n) is 8.10. The van der Waals surface area contributed by atoms with Crippen LogP contribution in [0, 0.1) is 18.3 Å². The Morgan fingerprint density at radius 3 is 2.41 bits per heavy atom. The number of benzene rings is 1. The molecule has 0 atom stereocenters. The summed E-state index contributed by atoms with van der Waals surface area (Å²) in [5.74, 6) is 0.0286. The lowest BCUT2D eigenvalue weighted by atomic mass is 10.0. The van der Waals surface area contributed by atoms with E-state index in [1.165, 1.54) is 21.1 Å². The number of aromatic hydroxyl groups is 1. The Balaban J connectivity index is 2.33. The Morgan fingerprint density at radius 2 is 1.85 bits per heavy atom. The first-order valence-corrected chi connectivity index (χ1v) is 8.10. The molecule has 0 aliphatic carbocycles. The van der Waals surface area contributed by atoms with Crippen molar-refractivity contribution in [3.8, 4) is 23.4 Å². The molecule has 0 fully saturated rings. The van der Waals surface area contributed by atoms with Crippen LogP contribution >= 0.6 is 0 Å². The summed E-state index contributed by atoms with van der Waals surface area (Å²) in [5.41, 5.74) is -0.860. The quantitative estimate of drug-likeness (QED) is 0.701. The Bertz CT molecular complexity index is 925. The van der Waals surface area contributed by atoms with Crippen molar-refractivity contribution in [1.29, 1.82) is 5.26 Å². The minimum atomic E-state index is -0.669. The maximum absolute atomic E-state index is 12.6. The van der Waals surface area contributed by atoms with Gasteiger partial charge in [-0.25, -0.2) is 0 Å². The lowest BCUT2D eigenvalue weighted by Gasteiger charge is -2.15. The van der Waals surface area contributed by atoms with Crippen molar-refractivity contribution >= 4 is 5.78 Å². The van der Waals surface area contributed by atoms with Crippen molar-refractivity contribution in [2.75, 3.05) is 27.4 Å². The van der Waals surface area contributed by atoms with Crippen LogP contribution in [0.4, 0.5) is 0 Å². The molecule has 2 rings (SSSR count). The summed E-state index contributed by atoms with van der Waals surface area (Å²) in [6.45, 7) is 1.22. The van der Waals surface area contributed by atoms with Gasteiger partial charge in [0.25, 0.3) is 5.56 Å². The fourth-order valence-electron chi connectivity index (χ4n) is 2.57. The van der Waals surface area contributed by atoms with Gasteiger partial charge in [0.1, 0.15) is 23.1 Å². The van der Waals surface area contributed by atoms with Crippen LogP contribution in [0.15, 0.2) is 29.1 Å². The second kappa shape index (κ2) is 8.87. The molecule has 8 nitrogen and oxygen atoms in total. The Labute approximate surface area is 156 Å². The number of nitrogens with zero attached hydrogens (tertiary/aromatic N) is 2. The number of carbonyl (C=O) groups is 1. The number of nitriles is 1. The fraction of sp³-hybridized carbons (Fsp3) is 0.316. The second-order valence-corrected chi connectivity index (χ2v) is 5.65. The molecule has 0 spiro atoms. The molecule has 0 unspecified atom stereocenters. The van der Waals surface area contributed by atoms with Gasteiger partial charge in [-0.05, 0) is 36.8 Å². The van der Waals surface area contributed by atoms with E-state index in [0.717, 1.165) is 4.57 Å². The summed E-state index contributed by atoms with van der Waals surface area (Å²) in [4.78, 5) is 25.0. The van der Waals surface area contributed by atoms with Gasteiger partial charge in [0.05, 0.1) is 25.8 Å². The van der Waals surface area contributed by atoms with Gasteiger partial charge in [-0.15, -0.1) is 0 Å². The first kappa shape index (κ1) is 20.0. The molecule has 8 heteroatoms. The third kappa shape index (κ3) is 4.27. The topological polar surface area (TPSA) is 111 Å². The van der Waals surface area contributed by atoms with Crippen LogP contribution in [0.5, 0.6) is 17.4 Å². The summed E-state index contributed by atoms with van der Waals surface area (Å²) >= 11 is 0. The maximum atomic E-state index is 12.6. The molecule has 1 N–H and O–H groups in total. The van der Waals surface area contributed by atoms with Crippen LogP contribution in [-0.4, -0.2) is 42.9 Å². The lowest BCUT2D eigenvalue weighted by Crippen LogP contribution is -2.29. The minimum Gasteiger partial charge on any atom is -0.497 e. The number of ether oxygens (including phenoxy) is 3. The first-order chi connectivity index (χ1) is 12.9. The van der Waals surface area contributed by atoms with Gasteiger partial charge < -0.3 is 19.3 Å². The van der Waals surface area contributed by atoms with Gasteiger partial charge in [0, 0.05) is 7.11 Å². The van der Waals surface area contributed by atoms with Gasteiger partial charge in [0.15, 0.2) is 6.61 Å². The van der Waals surface area contributed by atoms with Crippen molar-refractivity contribution in [2.24, 2.45) is 0 Å². The third-order valence-electron chi connectivity index (χ3n) is 4.03. The number of rotatable bonds is 8. The summed E-state index contributed by atoms with van der Waals surface area (Å²) in [5, 5.41) is 19.7. The zero-order chi connectivity index (χ0) is 20.0. The molecule has 27 heavy (non-hydrogen) atoms. The Hall–Kier alpha value is -3.31. The van der Waals surface area contributed by atoms with Crippen molar-refractivity contribution in [3.63, 3.8) is 0 Å². The van der Waals surface area contributed by atoms with E-state index >= 15 is 0 Å². The second-order valence-electron chi connectivity index (χ2n) is 5.65. The zero-order valence-corrected chi connectivity index (χ0v) is 15.3. The van der Waals surface area contributed by atoms with E-state index < -0.39 is 17.2 Å². The summed E-state index contributed by atoms with van der Waals surface area (Å²) in [6.07, 6.45) is 0. The molecule has 0 saturated heterocycles. The van der Waals surface area contributed by atoms with Gasteiger partial charge in [-0.2, -0.15) is 5.26 Å². The summed E-state index contributed by atoms with van der Waals surface area (Å²) in [7, 11) is 2.98. The van der Waals surface area contributed by atoms with E-state index in [2.05, 4.69) is 0 Å². The highest BCUT2D eigenvalue weighted by atomic mass is 16.5. The largest absolute Gasteiger partial charge is 0.497 e. The van der Waals surface area contributed by atoms with Gasteiger partial charge >= 0.3 is 0 Å². The monoisotopic (exact) mass is 372 g/mol. The molecule has 0 amide bonds. The normalized spacial score (nSPS) is 10.3. The molecule has 1 aromatic carbocycles. The number of Topliss-reactive ketones (excluding diaryl/α,β-unsaturated/α-hetero) is 1. The highest BCUT2D eigenvalue weighted by Gasteiger charge is 2.24. The van der Waals surface area contributed by atoms with Gasteiger partial charge in [-0.1, -0.05) is 0 Å². The van der Waals surface area contributed by atoms with Crippen LogP contribution in [0.25, 0.3) is 0 Å². The van der Waals surface area contributed by atoms with Crippen molar-refractivity contribution in [2.45, 2.75) is 13.5 Å². The van der Waals surface area contributed by atoms with E-state index in [1.807, 2.05) is 0 Å². The van der Waals surface area contributed by atoms with Crippen LogP contribution in [0.2, 0.25) is 0 Å². The predicted octanol–water partition coefficient (Wildman–Crippen LogP) is 1.65. The number of aromatic nitrogens is 1. The van der Waals surface area contributed by atoms with E-state index in [4.69, 9.17) is 14.2 Å². The standard InChI is InChI=1S/C19H20N2O6/c1-12-15(10-20)18(23)21(8-9-25-2)19(24)17(12)16(22)11-27-14-6-4-13(26-3)5-7-14/h4-7,24H,8-9,11H2,1-3H3. The molecule has 2 aromatic rings.